The summed E-state index contributed by atoms with van der Waals surface area (Å²) in [6, 6.07) is 7.10. The van der Waals surface area contributed by atoms with Crippen molar-refractivity contribution in [3.63, 3.8) is 0 Å². The van der Waals surface area contributed by atoms with Crippen LogP contribution >= 0.6 is 28.1 Å². The van der Waals surface area contributed by atoms with Gasteiger partial charge in [-0.15, -0.1) is 0 Å². The Labute approximate surface area is 102 Å². The van der Waals surface area contributed by atoms with E-state index in [1.807, 2.05) is 6.07 Å². The zero-order valence-corrected chi connectivity index (χ0v) is 10.4. The predicted octanol–water partition coefficient (Wildman–Crippen LogP) is 1.27. The van der Waals surface area contributed by atoms with Crippen LogP contribution in [0.15, 0.2) is 28.7 Å². The molecule has 0 heterocycles. The lowest BCUT2D eigenvalue weighted by Gasteiger charge is -2.18. The lowest BCUT2D eigenvalue weighted by Crippen LogP contribution is -2.45. The summed E-state index contributed by atoms with van der Waals surface area (Å²) < 4.78 is 0.721. The van der Waals surface area contributed by atoms with Crippen LogP contribution in [0.5, 0.6) is 0 Å². The van der Waals surface area contributed by atoms with Gasteiger partial charge in [0, 0.05) is 11.5 Å². The summed E-state index contributed by atoms with van der Waals surface area (Å²) in [7, 11) is 1.58. The molecule has 15 heavy (non-hydrogen) atoms. The molecule has 0 saturated carbocycles. The Kier molecular flexibility index (Phi) is 4.05. The molecule has 1 amide bonds. The molecule has 3 N–H and O–H groups in total. The summed E-state index contributed by atoms with van der Waals surface area (Å²) in [5.74, 6) is -0.266. The van der Waals surface area contributed by atoms with Crippen molar-refractivity contribution in [1.29, 1.82) is 0 Å². The minimum Gasteiger partial charge on any atom is -0.375 e. The smallest absolute Gasteiger partial charge is 0.270 e. The van der Waals surface area contributed by atoms with Gasteiger partial charge in [0.1, 0.15) is 0 Å². The monoisotopic (exact) mass is 287 g/mol. The van der Waals surface area contributed by atoms with Gasteiger partial charge in [0.05, 0.1) is 5.56 Å². The van der Waals surface area contributed by atoms with Crippen molar-refractivity contribution >= 4 is 39.2 Å². The zero-order valence-electron chi connectivity index (χ0n) is 8.03. The van der Waals surface area contributed by atoms with E-state index in [9.17, 15) is 4.79 Å². The molecular formula is C9H10BrN3OS. The third-order valence-corrected chi connectivity index (χ3v) is 2.68. The molecule has 0 atom stereocenters. The number of thiocarbonyl (C=S) groups is 1. The van der Waals surface area contributed by atoms with Gasteiger partial charge in [-0.3, -0.25) is 15.2 Å². The Morgan fingerprint density at radius 3 is 2.67 bits per heavy atom. The van der Waals surface area contributed by atoms with Crippen LogP contribution in [0.25, 0.3) is 0 Å². The molecule has 6 heteroatoms. The number of halogens is 1. The van der Waals surface area contributed by atoms with E-state index >= 15 is 0 Å². The van der Waals surface area contributed by atoms with E-state index in [1.54, 1.807) is 25.2 Å². The van der Waals surface area contributed by atoms with E-state index in [0.29, 0.717) is 5.56 Å². The highest BCUT2D eigenvalue weighted by Gasteiger charge is 2.11. The van der Waals surface area contributed by atoms with Gasteiger partial charge in [-0.05, 0) is 40.3 Å². The zero-order chi connectivity index (χ0) is 11.4. The summed E-state index contributed by atoms with van der Waals surface area (Å²) >= 11 is 7.98. The molecule has 1 rings (SSSR count). The molecule has 80 valence electrons. The number of benzene rings is 1. The molecule has 1 aromatic rings. The first-order valence-electron chi connectivity index (χ1n) is 4.11. The first kappa shape index (κ1) is 11.9. The van der Waals surface area contributed by atoms with Gasteiger partial charge in [-0.2, -0.15) is 0 Å². The Bertz CT molecular complexity index is 397. The van der Waals surface area contributed by atoms with Crippen LogP contribution in [0.1, 0.15) is 10.4 Å². The summed E-state index contributed by atoms with van der Waals surface area (Å²) in [5, 5.41) is 1.40. The van der Waals surface area contributed by atoms with E-state index in [4.69, 9.17) is 18.0 Å². The fourth-order valence-electron chi connectivity index (χ4n) is 0.913. The maximum absolute atomic E-state index is 11.7. The van der Waals surface area contributed by atoms with Gasteiger partial charge in [0.2, 0.25) is 0 Å². The molecule has 1 aromatic carbocycles. The number of hydrazine groups is 1. The highest BCUT2D eigenvalue weighted by Crippen LogP contribution is 2.15. The molecule has 0 aliphatic heterocycles. The van der Waals surface area contributed by atoms with Gasteiger partial charge in [-0.25, -0.2) is 0 Å². The van der Waals surface area contributed by atoms with Crippen molar-refractivity contribution in [1.82, 2.24) is 10.4 Å². The minimum absolute atomic E-state index is 0.107. The number of hydrogen-bond acceptors (Lipinski definition) is 2. The van der Waals surface area contributed by atoms with Crippen molar-refractivity contribution in [3.05, 3.63) is 34.3 Å². The molecule has 0 fully saturated rings. The molecule has 0 bridgehead atoms. The number of nitrogens with zero attached hydrogens (tertiary/aromatic N) is 1. The molecule has 4 nitrogen and oxygen atoms in total. The molecule has 0 unspecified atom stereocenters. The number of amides is 1. The first-order valence-corrected chi connectivity index (χ1v) is 5.31. The largest absolute Gasteiger partial charge is 0.375 e. The fraction of sp³-hybridized carbons (Fsp3) is 0.111. The van der Waals surface area contributed by atoms with Crippen LogP contribution in [0.2, 0.25) is 0 Å². The predicted molar refractivity (Wildman–Crippen MR) is 66.2 cm³/mol. The number of rotatable bonds is 1. The maximum atomic E-state index is 11.7. The van der Waals surface area contributed by atoms with E-state index in [2.05, 4.69) is 21.4 Å². The highest BCUT2D eigenvalue weighted by molar-refractivity contribution is 9.10. The lowest BCUT2D eigenvalue weighted by molar-refractivity contribution is 0.0887. The topological polar surface area (TPSA) is 58.4 Å². The third kappa shape index (κ3) is 3.17. The fourth-order valence-corrected chi connectivity index (χ4v) is 1.42. The van der Waals surface area contributed by atoms with Crippen molar-refractivity contribution < 1.29 is 4.79 Å². The molecule has 0 spiro atoms. The normalized spacial score (nSPS) is 9.47. The molecule has 0 aliphatic carbocycles. The van der Waals surface area contributed by atoms with Crippen molar-refractivity contribution in [2.75, 3.05) is 7.05 Å². The Morgan fingerprint density at radius 2 is 2.13 bits per heavy atom. The second-order valence-electron chi connectivity index (χ2n) is 2.82. The molecule has 0 saturated heterocycles. The SMILES string of the molecule is CN(NC(=O)c1ccccc1Br)C(N)=S. The Morgan fingerprint density at radius 1 is 1.53 bits per heavy atom. The van der Waals surface area contributed by atoms with Crippen LogP contribution in [0.4, 0.5) is 0 Å². The van der Waals surface area contributed by atoms with Crippen LogP contribution in [-0.2, 0) is 0 Å². The van der Waals surface area contributed by atoms with Crippen molar-refractivity contribution in [2.45, 2.75) is 0 Å². The Hall–Kier alpha value is -1.14. The molecule has 0 aliphatic rings. The van der Waals surface area contributed by atoms with Gasteiger partial charge in [0.25, 0.3) is 5.91 Å². The van der Waals surface area contributed by atoms with Gasteiger partial charge < -0.3 is 5.73 Å². The lowest BCUT2D eigenvalue weighted by atomic mass is 10.2. The summed E-state index contributed by atoms with van der Waals surface area (Å²) in [5.41, 5.74) is 8.39. The van der Waals surface area contributed by atoms with Crippen molar-refractivity contribution in [2.24, 2.45) is 5.73 Å². The average molecular weight is 288 g/mol. The summed E-state index contributed by atoms with van der Waals surface area (Å²) in [6.07, 6.45) is 0. The van der Waals surface area contributed by atoms with E-state index < -0.39 is 0 Å². The van der Waals surface area contributed by atoms with Crippen LogP contribution < -0.4 is 11.2 Å². The second kappa shape index (κ2) is 5.09. The van der Waals surface area contributed by atoms with E-state index in [0.717, 1.165) is 4.47 Å². The van der Waals surface area contributed by atoms with E-state index in [1.165, 1.54) is 5.01 Å². The summed E-state index contributed by atoms with van der Waals surface area (Å²) in [4.78, 5) is 11.7. The number of nitrogens with two attached hydrogens (primary N) is 1. The van der Waals surface area contributed by atoms with Gasteiger partial charge in [0.15, 0.2) is 5.11 Å². The highest BCUT2D eigenvalue weighted by atomic mass is 79.9. The quantitative estimate of drug-likeness (QED) is 0.603. The van der Waals surface area contributed by atoms with Gasteiger partial charge >= 0.3 is 0 Å². The van der Waals surface area contributed by atoms with Gasteiger partial charge in [-0.1, -0.05) is 12.1 Å². The van der Waals surface area contributed by atoms with Crippen molar-refractivity contribution in [3.8, 4) is 0 Å². The second-order valence-corrected chi connectivity index (χ2v) is 4.09. The summed E-state index contributed by atoms with van der Waals surface area (Å²) in [6.45, 7) is 0. The average Bonchev–Trinajstić information content (AvgIpc) is 2.18. The standard InChI is InChI=1S/C9H10BrN3OS/c1-13(9(11)15)12-8(14)6-4-2-3-5-7(6)10/h2-5H,1H3,(H2,11,15)(H,12,14). The minimum atomic E-state index is -0.266. The first-order chi connectivity index (χ1) is 7.02. The van der Waals surface area contributed by atoms with Crippen LogP contribution in [0, 0.1) is 0 Å². The number of carbonyl (C=O) groups is 1. The Balaban J connectivity index is 2.78. The number of hydrogen-bond donors (Lipinski definition) is 2. The number of carbonyl (C=O) groups excluding carboxylic acids is 1. The maximum Gasteiger partial charge on any atom is 0.270 e. The number of nitrogens with one attached hydrogen (secondary N) is 1. The van der Waals surface area contributed by atoms with E-state index in [-0.39, 0.29) is 11.0 Å². The molecule has 0 radical (unpaired) electrons. The third-order valence-electron chi connectivity index (χ3n) is 1.72. The van der Waals surface area contributed by atoms with Crippen LogP contribution in [0.3, 0.4) is 0 Å². The van der Waals surface area contributed by atoms with Crippen LogP contribution in [-0.4, -0.2) is 23.1 Å². The molecular weight excluding hydrogens is 278 g/mol. The molecule has 0 aromatic heterocycles.